The van der Waals surface area contributed by atoms with Crippen molar-refractivity contribution in [1.82, 2.24) is 5.32 Å². The number of hydrogen-bond donors (Lipinski definition) is 2. The number of fused-ring (bicyclic) bond motifs is 1. The van der Waals surface area contributed by atoms with E-state index in [2.05, 4.69) is 5.32 Å². The highest BCUT2D eigenvalue weighted by Gasteiger charge is 2.45. The molecule has 0 aliphatic heterocycles. The Hall–Kier alpha value is -3.10. The molecule has 1 heterocycles. The summed E-state index contributed by atoms with van der Waals surface area (Å²) >= 11 is 0. The van der Waals surface area contributed by atoms with Crippen LogP contribution in [0.25, 0.3) is 11.0 Å². The van der Waals surface area contributed by atoms with Gasteiger partial charge in [-0.2, -0.15) is 13.2 Å². The Labute approximate surface area is 169 Å². The van der Waals surface area contributed by atoms with E-state index < -0.39 is 41.2 Å². The van der Waals surface area contributed by atoms with Gasteiger partial charge >= 0.3 is 12.2 Å². The van der Waals surface area contributed by atoms with Gasteiger partial charge in [0, 0.05) is 22.7 Å². The topological polar surface area (TPSA) is 54.3 Å². The van der Waals surface area contributed by atoms with Crippen LogP contribution < -0.4 is 10.6 Å². The number of aryl methyl sites for hydroxylation is 3. The smallest absolute Gasteiger partial charge is 0.416 e. The molecular weight excluding hydrogens is 407 g/mol. The average molecular weight is 426 g/mol. The van der Waals surface area contributed by atoms with Crippen LogP contribution in [0.2, 0.25) is 0 Å². The second kappa shape index (κ2) is 7.97. The SMILES string of the molecule is CCc1ccc(NC(=O)N[C@H](c2oc3c(F)cc(F)cc3c2C)C(F)(F)F)cc1C. The van der Waals surface area contributed by atoms with Crippen molar-refractivity contribution in [3.8, 4) is 0 Å². The van der Waals surface area contributed by atoms with Gasteiger partial charge in [0.25, 0.3) is 0 Å². The fraction of sp³-hybridized carbons (Fsp3) is 0.286. The van der Waals surface area contributed by atoms with Crippen LogP contribution in [-0.2, 0) is 6.42 Å². The number of rotatable bonds is 4. The van der Waals surface area contributed by atoms with E-state index in [1.807, 2.05) is 19.2 Å². The third-order valence-corrected chi connectivity index (χ3v) is 4.84. The summed E-state index contributed by atoms with van der Waals surface area (Å²) in [5.41, 5.74) is 1.62. The van der Waals surface area contributed by atoms with E-state index in [1.165, 1.54) is 6.92 Å². The molecule has 0 aliphatic carbocycles. The zero-order valence-corrected chi connectivity index (χ0v) is 16.4. The van der Waals surface area contributed by atoms with Crippen molar-refractivity contribution in [1.29, 1.82) is 0 Å². The Balaban J connectivity index is 1.91. The van der Waals surface area contributed by atoms with Crippen molar-refractivity contribution < 1.29 is 31.2 Å². The number of benzene rings is 2. The molecule has 0 saturated heterocycles. The van der Waals surface area contributed by atoms with Gasteiger partial charge in [0.05, 0.1) is 0 Å². The molecule has 160 valence electrons. The zero-order chi connectivity index (χ0) is 22.2. The molecule has 0 aliphatic rings. The Morgan fingerprint density at radius 2 is 1.83 bits per heavy atom. The maximum Gasteiger partial charge on any atom is 0.416 e. The molecule has 3 rings (SSSR count). The molecule has 4 nitrogen and oxygen atoms in total. The third-order valence-electron chi connectivity index (χ3n) is 4.84. The first-order chi connectivity index (χ1) is 14.0. The second-order valence-corrected chi connectivity index (χ2v) is 6.92. The van der Waals surface area contributed by atoms with E-state index in [4.69, 9.17) is 4.42 Å². The van der Waals surface area contributed by atoms with E-state index in [9.17, 15) is 26.7 Å². The van der Waals surface area contributed by atoms with E-state index in [-0.39, 0.29) is 10.9 Å². The van der Waals surface area contributed by atoms with Crippen molar-refractivity contribution in [2.75, 3.05) is 5.32 Å². The Kier molecular flexibility index (Phi) is 5.74. The summed E-state index contributed by atoms with van der Waals surface area (Å²) in [7, 11) is 0. The second-order valence-electron chi connectivity index (χ2n) is 6.92. The molecule has 0 fully saturated rings. The van der Waals surface area contributed by atoms with Gasteiger partial charge in [0.1, 0.15) is 11.6 Å². The summed E-state index contributed by atoms with van der Waals surface area (Å²) < 4.78 is 73.5. The van der Waals surface area contributed by atoms with Crippen molar-refractivity contribution in [2.24, 2.45) is 0 Å². The molecule has 0 spiro atoms. The van der Waals surface area contributed by atoms with Gasteiger partial charge in [-0.15, -0.1) is 0 Å². The van der Waals surface area contributed by atoms with Gasteiger partial charge in [-0.3, -0.25) is 0 Å². The number of furan rings is 1. The van der Waals surface area contributed by atoms with Gasteiger partial charge in [-0.1, -0.05) is 13.0 Å². The molecule has 2 N–H and O–H groups in total. The predicted molar refractivity (Wildman–Crippen MR) is 102 cm³/mol. The molecule has 0 saturated carbocycles. The Morgan fingerprint density at radius 3 is 2.43 bits per heavy atom. The minimum atomic E-state index is -4.94. The van der Waals surface area contributed by atoms with Crippen LogP contribution in [0.1, 0.15) is 35.4 Å². The fourth-order valence-electron chi connectivity index (χ4n) is 3.30. The van der Waals surface area contributed by atoms with Gasteiger partial charge in [-0.05, 0) is 49.6 Å². The maximum absolute atomic E-state index is 13.9. The van der Waals surface area contributed by atoms with Crippen LogP contribution in [0.15, 0.2) is 34.7 Å². The lowest BCUT2D eigenvalue weighted by atomic mass is 10.1. The molecule has 2 aromatic carbocycles. The van der Waals surface area contributed by atoms with E-state index in [1.54, 1.807) is 18.2 Å². The van der Waals surface area contributed by atoms with Crippen LogP contribution >= 0.6 is 0 Å². The molecule has 0 radical (unpaired) electrons. The number of anilines is 1. The van der Waals surface area contributed by atoms with E-state index in [0.29, 0.717) is 11.8 Å². The van der Waals surface area contributed by atoms with Crippen LogP contribution in [0.3, 0.4) is 0 Å². The van der Waals surface area contributed by atoms with E-state index >= 15 is 0 Å². The third kappa shape index (κ3) is 4.24. The monoisotopic (exact) mass is 426 g/mol. The number of amides is 2. The summed E-state index contributed by atoms with van der Waals surface area (Å²) in [6.45, 7) is 5.03. The summed E-state index contributed by atoms with van der Waals surface area (Å²) in [5.74, 6) is -2.79. The lowest BCUT2D eigenvalue weighted by Crippen LogP contribution is -2.40. The normalized spacial score (nSPS) is 12.8. The summed E-state index contributed by atoms with van der Waals surface area (Å²) in [6.07, 6.45) is -4.16. The average Bonchev–Trinajstić information content (AvgIpc) is 2.96. The largest absolute Gasteiger partial charge is 0.455 e. The van der Waals surface area contributed by atoms with Gasteiger partial charge in [-0.25, -0.2) is 13.6 Å². The van der Waals surface area contributed by atoms with Crippen LogP contribution in [0.5, 0.6) is 0 Å². The minimum absolute atomic E-state index is 0.117. The molecule has 0 unspecified atom stereocenters. The molecular formula is C21H19F5N2O2. The summed E-state index contributed by atoms with van der Waals surface area (Å²) in [6, 6.07) is 2.72. The fourth-order valence-corrected chi connectivity index (χ4v) is 3.30. The van der Waals surface area contributed by atoms with Crippen molar-refractivity contribution in [3.05, 3.63) is 64.4 Å². The standard InChI is InChI=1S/C21H19F5N2O2/c1-4-12-5-6-14(7-10(12)2)27-20(29)28-19(21(24,25)26)17-11(3)15-8-13(22)9-16(23)18(15)30-17/h5-9,19H,4H2,1-3H3,(H2,27,28,29)/t19-/m1/s1. The molecule has 9 heteroatoms. The minimum Gasteiger partial charge on any atom is -0.455 e. The summed E-state index contributed by atoms with van der Waals surface area (Å²) in [4.78, 5) is 12.3. The van der Waals surface area contributed by atoms with Gasteiger partial charge in [0.2, 0.25) is 0 Å². The van der Waals surface area contributed by atoms with Crippen molar-refractivity contribution in [3.63, 3.8) is 0 Å². The van der Waals surface area contributed by atoms with Crippen LogP contribution in [0, 0.1) is 25.5 Å². The number of hydrogen-bond acceptors (Lipinski definition) is 2. The quantitative estimate of drug-likeness (QED) is 0.480. The lowest BCUT2D eigenvalue weighted by molar-refractivity contribution is -0.158. The number of nitrogens with one attached hydrogen (secondary N) is 2. The first-order valence-electron chi connectivity index (χ1n) is 9.13. The number of alkyl halides is 3. The Bertz CT molecular complexity index is 1100. The highest BCUT2D eigenvalue weighted by Crippen LogP contribution is 2.39. The molecule has 30 heavy (non-hydrogen) atoms. The van der Waals surface area contributed by atoms with Crippen LogP contribution in [-0.4, -0.2) is 12.2 Å². The predicted octanol–water partition coefficient (Wildman–Crippen LogP) is 6.32. The number of urea groups is 1. The molecule has 0 bridgehead atoms. The zero-order valence-electron chi connectivity index (χ0n) is 16.4. The lowest BCUT2D eigenvalue weighted by Gasteiger charge is -2.21. The molecule has 2 amide bonds. The molecule has 1 aromatic heterocycles. The van der Waals surface area contributed by atoms with Gasteiger partial charge < -0.3 is 15.1 Å². The summed E-state index contributed by atoms with van der Waals surface area (Å²) in [5, 5.41) is 4.04. The highest BCUT2D eigenvalue weighted by atomic mass is 19.4. The van der Waals surface area contributed by atoms with Crippen molar-refractivity contribution in [2.45, 2.75) is 39.4 Å². The maximum atomic E-state index is 13.9. The number of halogens is 5. The first-order valence-corrected chi connectivity index (χ1v) is 9.13. The molecule has 1 atom stereocenters. The van der Waals surface area contributed by atoms with E-state index in [0.717, 1.165) is 23.6 Å². The molecule has 3 aromatic rings. The van der Waals surface area contributed by atoms with Crippen LogP contribution in [0.4, 0.5) is 32.4 Å². The number of carbonyl (C=O) groups excluding carboxylic acids is 1. The van der Waals surface area contributed by atoms with Gasteiger partial charge in [0.15, 0.2) is 17.4 Å². The Morgan fingerprint density at radius 1 is 1.13 bits per heavy atom. The highest BCUT2D eigenvalue weighted by molar-refractivity contribution is 5.90. The number of carbonyl (C=O) groups is 1. The first kappa shape index (κ1) is 21.6. The van der Waals surface area contributed by atoms with Crippen molar-refractivity contribution >= 4 is 22.7 Å².